The second kappa shape index (κ2) is 2.94. The van der Waals surface area contributed by atoms with Crippen LogP contribution >= 0.6 is 0 Å². The average Bonchev–Trinajstić information content (AvgIpc) is 2.44. The van der Waals surface area contributed by atoms with E-state index < -0.39 is 36.2 Å². The first kappa shape index (κ1) is 6.38. The molecule has 4 unspecified atom stereocenters. The molecule has 0 aromatic carbocycles. The highest BCUT2D eigenvalue weighted by Crippen LogP contribution is 2.44. The quantitative estimate of drug-likeness (QED) is 0.618. The number of hydrogen-bond acceptors (Lipinski definition) is 3. The lowest BCUT2D eigenvalue weighted by molar-refractivity contribution is -0.0910. The van der Waals surface area contributed by atoms with Gasteiger partial charge in [-0.2, -0.15) is 0 Å². The van der Waals surface area contributed by atoms with Crippen molar-refractivity contribution in [2.24, 2.45) is 17.3 Å². The molecule has 4 atom stereocenters. The predicted molar refractivity (Wildman–Crippen MR) is 48.1 cm³/mol. The third kappa shape index (κ3) is 1.49. The molecule has 76 valence electrons. The maximum absolute atomic E-state index is 9.93. The van der Waals surface area contributed by atoms with Crippen LogP contribution < -0.4 is 0 Å². The van der Waals surface area contributed by atoms with Crippen LogP contribution in [0.5, 0.6) is 0 Å². The number of ether oxygens (including phenoxy) is 2. The molecular weight excluding hydrogens is 168 g/mol. The zero-order chi connectivity index (χ0) is 12.4. The Balaban J connectivity index is 2.39. The first-order chi connectivity index (χ1) is 7.06. The second-order valence-electron chi connectivity index (χ2n) is 4.78. The predicted octanol–water partition coefficient (Wildman–Crippen LogP) is 1.01. The molecule has 2 saturated heterocycles. The SMILES string of the molecule is [2H]C1(O)COC2OC([2H])([2H])C(C(C)(C)C)C21. The van der Waals surface area contributed by atoms with Crippen LogP contribution in [-0.4, -0.2) is 30.6 Å². The monoisotopic (exact) mass is 189 g/mol. The van der Waals surface area contributed by atoms with Crippen molar-refractivity contribution in [3.8, 4) is 0 Å². The van der Waals surface area contributed by atoms with E-state index in [1.54, 1.807) is 0 Å². The van der Waals surface area contributed by atoms with E-state index >= 15 is 0 Å². The van der Waals surface area contributed by atoms with E-state index in [0.29, 0.717) is 0 Å². The van der Waals surface area contributed by atoms with Gasteiger partial charge in [0, 0.05) is 5.92 Å². The Bertz CT molecular complexity index is 298. The van der Waals surface area contributed by atoms with E-state index in [0.717, 1.165) is 0 Å². The van der Waals surface area contributed by atoms with Crippen LogP contribution in [0.1, 0.15) is 24.9 Å². The van der Waals surface area contributed by atoms with Gasteiger partial charge in [0.2, 0.25) is 0 Å². The van der Waals surface area contributed by atoms with Crippen LogP contribution in [-0.2, 0) is 9.47 Å². The Morgan fingerprint density at radius 3 is 2.77 bits per heavy atom. The van der Waals surface area contributed by atoms with Gasteiger partial charge in [0.25, 0.3) is 0 Å². The van der Waals surface area contributed by atoms with E-state index in [9.17, 15) is 5.11 Å². The van der Waals surface area contributed by atoms with Crippen LogP contribution in [0.25, 0.3) is 0 Å². The molecule has 0 radical (unpaired) electrons. The van der Waals surface area contributed by atoms with Crippen LogP contribution in [0.3, 0.4) is 0 Å². The zero-order valence-corrected chi connectivity index (χ0v) is 8.20. The summed E-state index contributed by atoms with van der Waals surface area (Å²) in [7, 11) is 0. The van der Waals surface area contributed by atoms with Crippen LogP contribution in [0, 0.1) is 17.3 Å². The first-order valence-electron chi connectivity index (χ1n) is 6.07. The average molecular weight is 189 g/mol. The lowest BCUT2D eigenvalue weighted by atomic mass is 9.73. The number of aliphatic hydroxyl groups is 1. The Kier molecular flexibility index (Phi) is 1.44. The lowest BCUT2D eigenvalue weighted by Crippen LogP contribution is -2.34. The van der Waals surface area contributed by atoms with Gasteiger partial charge in [-0.3, -0.25) is 0 Å². The minimum absolute atomic E-state index is 0.120. The van der Waals surface area contributed by atoms with Crippen LogP contribution in [0.15, 0.2) is 0 Å². The van der Waals surface area contributed by atoms with Crippen molar-refractivity contribution in [3.63, 3.8) is 0 Å². The van der Waals surface area contributed by atoms with Gasteiger partial charge < -0.3 is 14.6 Å². The molecule has 2 heterocycles. The molecule has 0 bridgehead atoms. The van der Waals surface area contributed by atoms with Gasteiger partial charge in [-0.25, -0.2) is 0 Å². The molecule has 3 heteroatoms. The van der Waals surface area contributed by atoms with E-state index in [1.807, 2.05) is 20.8 Å². The normalized spacial score (nSPS) is 58.2. The minimum Gasteiger partial charge on any atom is -0.390 e. The Labute approximate surface area is 83.2 Å². The van der Waals surface area contributed by atoms with Crippen molar-refractivity contribution < 1.29 is 18.7 Å². The topological polar surface area (TPSA) is 38.7 Å². The van der Waals surface area contributed by atoms with Crippen molar-refractivity contribution in [1.82, 2.24) is 0 Å². The minimum atomic E-state index is -1.86. The number of rotatable bonds is 0. The van der Waals surface area contributed by atoms with Crippen molar-refractivity contribution in [2.75, 3.05) is 13.2 Å². The molecule has 2 aliphatic heterocycles. The zero-order valence-electron chi connectivity index (χ0n) is 11.2. The number of fused-ring (bicyclic) bond motifs is 1. The van der Waals surface area contributed by atoms with Crippen LogP contribution in [0.4, 0.5) is 0 Å². The fraction of sp³-hybridized carbons (Fsp3) is 1.00. The van der Waals surface area contributed by atoms with E-state index in [4.69, 9.17) is 13.6 Å². The van der Waals surface area contributed by atoms with Gasteiger partial charge in [-0.15, -0.1) is 0 Å². The van der Waals surface area contributed by atoms with Crippen molar-refractivity contribution in [2.45, 2.75) is 33.1 Å². The maximum Gasteiger partial charge on any atom is 0.163 e. The molecule has 0 saturated carbocycles. The fourth-order valence-electron chi connectivity index (χ4n) is 1.91. The molecule has 2 fully saturated rings. The van der Waals surface area contributed by atoms with Gasteiger partial charge in [-0.1, -0.05) is 20.8 Å². The molecule has 0 amide bonds. The maximum atomic E-state index is 9.93. The molecule has 2 aliphatic rings. The van der Waals surface area contributed by atoms with Crippen LogP contribution in [0.2, 0.25) is 0 Å². The third-order valence-corrected chi connectivity index (χ3v) is 2.68. The Morgan fingerprint density at radius 2 is 2.15 bits per heavy atom. The van der Waals surface area contributed by atoms with Gasteiger partial charge in [0.15, 0.2) is 6.29 Å². The summed E-state index contributed by atoms with van der Waals surface area (Å²) >= 11 is 0. The van der Waals surface area contributed by atoms with Gasteiger partial charge in [0.1, 0.15) is 0 Å². The molecule has 1 N–H and O–H groups in total. The Morgan fingerprint density at radius 1 is 1.46 bits per heavy atom. The van der Waals surface area contributed by atoms with Crippen molar-refractivity contribution in [1.29, 1.82) is 0 Å². The Hall–Kier alpha value is -0.120. The van der Waals surface area contributed by atoms with Gasteiger partial charge in [-0.05, 0) is 11.3 Å². The smallest absolute Gasteiger partial charge is 0.163 e. The lowest BCUT2D eigenvalue weighted by Gasteiger charge is -2.30. The highest BCUT2D eigenvalue weighted by Gasteiger charge is 2.50. The molecule has 0 aromatic heterocycles. The highest BCUT2D eigenvalue weighted by atomic mass is 16.7. The standard InChI is InChI=1S/C10H18O3/c1-10(2,3)6-4-12-9-8(6)7(11)5-13-9/h6-9,11H,4-5H2,1-3H3/i4D2,7D. The summed E-state index contributed by atoms with van der Waals surface area (Å²) < 4.78 is 33.8. The molecule has 3 nitrogen and oxygen atoms in total. The van der Waals surface area contributed by atoms with E-state index in [1.165, 1.54) is 0 Å². The largest absolute Gasteiger partial charge is 0.390 e. The van der Waals surface area contributed by atoms with Crippen molar-refractivity contribution in [3.05, 3.63) is 0 Å². The van der Waals surface area contributed by atoms with Gasteiger partial charge in [0.05, 0.1) is 23.4 Å². The summed E-state index contributed by atoms with van der Waals surface area (Å²) in [5.41, 5.74) is -0.397. The number of hydrogen-bond donors (Lipinski definition) is 1. The molecular formula is C10H18O3. The summed E-state index contributed by atoms with van der Waals surface area (Å²) in [5, 5.41) is 9.93. The highest BCUT2D eigenvalue weighted by molar-refractivity contribution is 4.93. The van der Waals surface area contributed by atoms with Crippen molar-refractivity contribution >= 4 is 0 Å². The van der Waals surface area contributed by atoms with Gasteiger partial charge >= 0.3 is 0 Å². The summed E-state index contributed by atoms with van der Waals surface area (Å²) in [4.78, 5) is 0. The molecule has 0 spiro atoms. The van der Waals surface area contributed by atoms with E-state index in [-0.39, 0.29) is 6.61 Å². The third-order valence-electron chi connectivity index (χ3n) is 2.68. The molecule has 13 heavy (non-hydrogen) atoms. The summed E-state index contributed by atoms with van der Waals surface area (Å²) in [5.74, 6) is -1.20. The fourth-order valence-corrected chi connectivity index (χ4v) is 1.91. The first-order valence-corrected chi connectivity index (χ1v) is 4.57. The molecule has 0 aromatic rings. The second-order valence-corrected chi connectivity index (χ2v) is 4.78. The summed E-state index contributed by atoms with van der Waals surface area (Å²) in [6, 6.07) is 0. The molecule has 0 aliphatic carbocycles. The summed E-state index contributed by atoms with van der Waals surface area (Å²) in [6.45, 7) is 3.68. The summed E-state index contributed by atoms with van der Waals surface area (Å²) in [6.07, 6.45) is -2.56. The van der Waals surface area contributed by atoms with E-state index in [2.05, 4.69) is 0 Å². The molecule has 2 rings (SSSR count).